The van der Waals surface area contributed by atoms with Gasteiger partial charge in [0.05, 0.1) is 18.5 Å². The van der Waals surface area contributed by atoms with Crippen LogP contribution < -0.4 is 14.5 Å². The molecular formula is C35H34N4O4. The second kappa shape index (κ2) is 9.66. The number of phenolic OH excluding ortho intramolecular Hbond substituents is 3. The summed E-state index contributed by atoms with van der Waals surface area (Å²) in [7, 11) is 9.93. The highest BCUT2D eigenvalue weighted by atomic mass is 16.5. The fraction of sp³-hybridized carbons (Fsp3) is 0.200. The van der Waals surface area contributed by atoms with Gasteiger partial charge in [-0.15, -0.1) is 0 Å². The van der Waals surface area contributed by atoms with E-state index in [-0.39, 0.29) is 11.5 Å². The van der Waals surface area contributed by atoms with Gasteiger partial charge in [-0.2, -0.15) is 0 Å². The van der Waals surface area contributed by atoms with E-state index in [1.54, 1.807) is 25.3 Å². The quantitative estimate of drug-likeness (QED) is 0.202. The number of aromatic hydroxyl groups is 3. The summed E-state index contributed by atoms with van der Waals surface area (Å²) < 4.78 is 9.73. The van der Waals surface area contributed by atoms with Gasteiger partial charge in [0.1, 0.15) is 23.0 Å². The lowest BCUT2D eigenvalue weighted by molar-refractivity contribution is 0.415. The van der Waals surface area contributed by atoms with Gasteiger partial charge in [0.15, 0.2) is 0 Å². The Balaban J connectivity index is 0.000000140. The van der Waals surface area contributed by atoms with Gasteiger partial charge in [0.25, 0.3) is 0 Å². The summed E-state index contributed by atoms with van der Waals surface area (Å²) in [4.78, 5) is 4.40. The van der Waals surface area contributed by atoms with Crippen molar-refractivity contribution in [3.63, 3.8) is 0 Å². The number of hydrogen-bond donors (Lipinski definition) is 3. The van der Waals surface area contributed by atoms with Crippen molar-refractivity contribution in [3.8, 4) is 45.5 Å². The molecule has 2 aliphatic heterocycles. The molecule has 43 heavy (non-hydrogen) atoms. The van der Waals surface area contributed by atoms with E-state index in [1.807, 2.05) is 56.6 Å². The van der Waals surface area contributed by atoms with Crippen LogP contribution in [0.15, 0.2) is 72.8 Å². The van der Waals surface area contributed by atoms with E-state index in [0.29, 0.717) is 5.75 Å². The first-order valence-corrected chi connectivity index (χ1v) is 14.2. The van der Waals surface area contributed by atoms with Crippen molar-refractivity contribution >= 4 is 33.2 Å². The molecule has 0 spiro atoms. The minimum absolute atomic E-state index is 0.267. The lowest BCUT2D eigenvalue weighted by atomic mass is 9.98. The van der Waals surface area contributed by atoms with Crippen LogP contribution >= 0.6 is 0 Å². The number of rotatable bonds is 1. The van der Waals surface area contributed by atoms with E-state index < -0.39 is 0 Å². The molecule has 0 fully saturated rings. The van der Waals surface area contributed by atoms with E-state index in [1.165, 1.54) is 28.1 Å². The zero-order valence-corrected chi connectivity index (χ0v) is 24.9. The van der Waals surface area contributed by atoms with Crippen LogP contribution in [0, 0.1) is 0 Å². The Morgan fingerprint density at radius 3 is 1.51 bits per heavy atom. The predicted molar refractivity (Wildman–Crippen MR) is 172 cm³/mol. The molecule has 4 heterocycles. The van der Waals surface area contributed by atoms with Gasteiger partial charge in [0, 0.05) is 96.7 Å². The highest BCUT2D eigenvalue weighted by Crippen LogP contribution is 2.46. The van der Waals surface area contributed by atoms with Crippen LogP contribution in [0.25, 0.3) is 44.3 Å². The third kappa shape index (κ3) is 4.05. The molecule has 6 aromatic rings. The normalized spacial score (nSPS) is 13.2. The van der Waals surface area contributed by atoms with E-state index in [0.717, 1.165) is 57.6 Å². The zero-order chi connectivity index (χ0) is 30.2. The number of anilines is 2. The molecule has 0 atom stereocenters. The number of aromatic nitrogens is 2. The number of methoxy groups -OCH3 is 1. The Kier molecular flexibility index (Phi) is 5.99. The SMILES string of the molecule is CN1Cc2c(n(C)c3ccc(O)cc23)-c2cc(O)ccc21.COc1ccc2c(c1)-c1c(c3cc(O)ccc3n1C)CN2C. The van der Waals surface area contributed by atoms with E-state index >= 15 is 0 Å². The first kappa shape index (κ1) is 26.6. The monoisotopic (exact) mass is 574 g/mol. The highest BCUT2D eigenvalue weighted by molar-refractivity contribution is 5.98. The summed E-state index contributed by atoms with van der Waals surface area (Å²) in [6.45, 7) is 1.61. The van der Waals surface area contributed by atoms with Crippen LogP contribution in [0.4, 0.5) is 11.4 Å². The zero-order valence-electron chi connectivity index (χ0n) is 24.9. The second-order valence-corrected chi connectivity index (χ2v) is 11.5. The van der Waals surface area contributed by atoms with Crippen LogP contribution in [-0.2, 0) is 27.2 Å². The summed E-state index contributed by atoms with van der Waals surface area (Å²) in [5.41, 5.74) is 11.5. The molecule has 0 bridgehead atoms. The molecule has 0 amide bonds. The fourth-order valence-electron chi connectivity index (χ4n) is 6.88. The average Bonchev–Trinajstić information content (AvgIpc) is 3.42. The minimum Gasteiger partial charge on any atom is -0.508 e. The maximum atomic E-state index is 9.84. The second-order valence-electron chi connectivity index (χ2n) is 11.5. The van der Waals surface area contributed by atoms with Gasteiger partial charge in [-0.3, -0.25) is 0 Å². The summed E-state index contributed by atoms with van der Waals surface area (Å²) in [6, 6.07) is 22.7. The van der Waals surface area contributed by atoms with Gasteiger partial charge >= 0.3 is 0 Å². The Labute approximate surface area is 249 Å². The topological polar surface area (TPSA) is 86.3 Å². The Morgan fingerprint density at radius 2 is 1.00 bits per heavy atom. The van der Waals surface area contributed by atoms with Crippen LogP contribution in [0.3, 0.4) is 0 Å². The van der Waals surface area contributed by atoms with Gasteiger partial charge in [-0.1, -0.05) is 0 Å². The molecule has 8 nitrogen and oxygen atoms in total. The van der Waals surface area contributed by atoms with Crippen molar-refractivity contribution in [3.05, 3.63) is 83.9 Å². The van der Waals surface area contributed by atoms with Crippen molar-refractivity contribution in [2.24, 2.45) is 14.1 Å². The first-order valence-electron chi connectivity index (χ1n) is 14.2. The van der Waals surface area contributed by atoms with Crippen LogP contribution in [-0.4, -0.2) is 45.7 Å². The van der Waals surface area contributed by atoms with Crippen LogP contribution in [0.5, 0.6) is 23.0 Å². The first-order chi connectivity index (χ1) is 20.7. The van der Waals surface area contributed by atoms with Crippen molar-refractivity contribution < 1.29 is 20.1 Å². The summed E-state index contributed by atoms with van der Waals surface area (Å²) in [6.07, 6.45) is 0. The third-order valence-corrected chi connectivity index (χ3v) is 8.88. The molecule has 4 aromatic carbocycles. The van der Waals surface area contributed by atoms with Crippen molar-refractivity contribution in [2.45, 2.75) is 13.1 Å². The summed E-state index contributed by atoms with van der Waals surface area (Å²) in [5, 5.41) is 31.6. The van der Waals surface area contributed by atoms with Crippen LogP contribution in [0.2, 0.25) is 0 Å². The smallest absolute Gasteiger partial charge is 0.119 e. The minimum atomic E-state index is 0.267. The molecule has 0 unspecified atom stereocenters. The molecule has 2 aromatic heterocycles. The number of hydrogen-bond acceptors (Lipinski definition) is 6. The summed E-state index contributed by atoms with van der Waals surface area (Å²) >= 11 is 0. The molecular weight excluding hydrogens is 540 g/mol. The molecule has 0 saturated carbocycles. The number of fused-ring (bicyclic) bond motifs is 10. The van der Waals surface area contributed by atoms with E-state index in [2.05, 4.69) is 45.2 Å². The molecule has 8 heteroatoms. The lowest BCUT2D eigenvalue weighted by Crippen LogP contribution is -2.21. The lowest BCUT2D eigenvalue weighted by Gasteiger charge is -2.29. The third-order valence-electron chi connectivity index (χ3n) is 8.88. The molecule has 8 rings (SSSR count). The Bertz CT molecular complexity index is 2070. The molecule has 3 N–H and O–H groups in total. The number of nitrogens with zero attached hydrogens (tertiary/aromatic N) is 4. The molecule has 0 aliphatic carbocycles. The maximum Gasteiger partial charge on any atom is 0.119 e. The van der Waals surface area contributed by atoms with E-state index in [9.17, 15) is 15.3 Å². The molecule has 0 radical (unpaired) electrons. The average molecular weight is 575 g/mol. The van der Waals surface area contributed by atoms with Gasteiger partial charge < -0.3 is 39.0 Å². The van der Waals surface area contributed by atoms with Gasteiger partial charge in [-0.25, -0.2) is 0 Å². The van der Waals surface area contributed by atoms with Crippen molar-refractivity contribution in [1.82, 2.24) is 9.13 Å². The molecule has 0 saturated heterocycles. The number of ether oxygens (including phenoxy) is 1. The maximum absolute atomic E-state index is 9.84. The number of phenols is 3. The van der Waals surface area contributed by atoms with Crippen LogP contribution in [0.1, 0.15) is 11.1 Å². The van der Waals surface area contributed by atoms with Gasteiger partial charge in [0.2, 0.25) is 0 Å². The largest absolute Gasteiger partial charge is 0.508 e. The number of aryl methyl sites for hydroxylation is 2. The molecule has 218 valence electrons. The Morgan fingerprint density at radius 1 is 0.558 bits per heavy atom. The number of benzene rings is 4. The highest BCUT2D eigenvalue weighted by Gasteiger charge is 2.27. The van der Waals surface area contributed by atoms with Crippen molar-refractivity contribution in [1.29, 1.82) is 0 Å². The van der Waals surface area contributed by atoms with Crippen molar-refractivity contribution in [2.75, 3.05) is 31.0 Å². The molecule has 2 aliphatic rings. The van der Waals surface area contributed by atoms with E-state index in [4.69, 9.17) is 4.74 Å². The standard InChI is InChI=1S/C18H18N2O2.C17H16N2O2/c1-19-10-15-13-8-11(21)4-6-17(13)20(2)18(15)14-9-12(22-3)5-7-16(14)19;1-18-9-14-12-7-10(20)4-6-16(12)19(2)17(14)13-8-11(21)3-5-15(13)18/h4-9,21H,10H2,1-3H3;3-8,20-21H,9H2,1-2H3. The predicted octanol–water partition coefficient (Wildman–Crippen LogP) is 6.72. The summed E-state index contributed by atoms with van der Waals surface area (Å²) in [5.74, 6) is 1.71. The van der Waals surface area contributed by atoms with Gasteiger partial charge in [-0.05, 0) is 72.8 Å². The fourth-order valence-corrected chi connectivity index (χ4v) is 6.88. The Hall–Kier alpha value is -5.24.